The first-order valence-corrected chi connectivity index (χ1v) is 7.73. The van der Waals surface area contributed by atoms with Crippen LogP contribution in [-0.2, 0) is 6.54 Å². The number of hydrogen-bond donors (Lipinski definition) is 1. The highest BCUT2D eigenvalue weighted by Gasteiger charge is 2.16. The van der Waals surface area contributed by atoms with Crippen molar-refractivity contribution in [2.24, 2.45) is 17.8 Å². The molecule has 1 nitrogen and oxygen atoms in total. The number of hydrogen-bond acceptors (Lipinski definition) is 1. The Bertz CT molecular complexity index is 369. The Balaban J connectivity index is 2.52. The van der Waals surface area contributed by atoms with Crippen molar-refractivity contribution >= 4 is 27.5 Å². The zero-order valence-electron chi connectivity index (χ0n) is 11.6. The minimum absolute atomic E-state index is 0.704. The Kier molecular flexibility index (Phi) is 6.68. The molecule has 0 unspecified atom stereocenters. The lowest BCUT2D eigenvalue weighted by atomic mass is 9.85. The molecule has 0 amide bonds. The lowest BCUT2D eigenvalue weighted by Crippen LogP contribution is -2.29. The van der Waals surface area contributed by atoms with Crippen LogP contribution in [-0.4, -0.2) is 6.54 Å². The van der Waals surface area contributed by atoms with Crippen molar-refractivity contribution in [3.63, 3.8) is 0 Å². The maximum absolute atomic E-state index is 6.18. The molecule has 1 aromatic rings. The average molecular weight is 333 g/mol. The van der Waals surface area contributed by atoms with Gasteiger partial charge in [0.1, 0.15) is 0 Å². The van der Waals surface area contributed by atoms with Gasteiger partial charge in [-0.1, -0.05) is 55.2 Å². The molecule has 0 saturated heterocycles. The average Bonchev–Trinajstić information content (AvgIpc) is 2.27. The molecule has 0 aromatic heterocycles. The highest BCUT2D eigenvalue weighted by Crippen LogP contribution is 2.22. The van der Waals surface area contributed by atoms with Crippen LogP contribution in [0, 0.1) is 17.8 Å². The van der Waals surface area contributed by atoms with Crippen LogP contribution in [0.25, 0.3) is 0 Å². The van der Waals surface area contributed by atoms with E-state index in [-0.39, 0.29) is 0 Å². The van der Waals surface area contributed by atoms with Crippen molar-refractivity contribution in [1.29, 1.82) is 0 Å². The Morgan fingerprint density at radius 3 is 2.33 bits per heavy atom. The third kappa shape index (κ3) is 4.91. The van der Waals surface area contributed by atoms with Gasteiger partial charge in [-0.2, -0.15) is 0 Å². The molecule has 1 rings (SSSR count). The summed E-state index contributed by atoms with van der Waals surface area (Å²) in [4.78, 5) is 0. The molecule has 0 bridgehead atoms. The number of halogens is 2. The van der Waals surface area contributed by atoms with Crippen LogP contribution in [0.5, 0.6) is 0 Å². The van der Waals surface area contributed by atoms with E-state index in [4.69, 9.17) is 11.6 Å². The summed E-state index contributed by atoms with van der Waals surface area (Å²) < 4.78 is 1.08. The fourth-order valence-corrected chi connectivity index (χ4v) is 2.89. The second kappa shape index (κ2) is 7.52. The number of benzene rings is 1. The maximum atomic E-state index is 6.18. The number of nitrogens with one attached hydrogen (secondary N) is 1. The van der Waals surface area contributed by atoms with E-state index in [1.165, 1.54) is 0 Å². The Hall–Kier alpha value is -0.0500. The predicted molar refractivity (Wildman–Crippen MR) is 84.0 cm³/mol. The normalized spacial score (nSPS) is 11.8. The zero-order valence-corrected chi connectivity index (χ0v) is 14.0. The molecule has 0 aliphatic heterocycles. The van der Waals surface area contributed by atoms with Crippen molar-refractivity contribution in [2.75, 3.05) is 6.54 Å². The Morgan fingerprint density at radius 2 is 1.78 bits per heavy atom. The van der Waals surface area contributed by atoms with Gasteiger partial charge in [0.25, 0.3) is 0 Å². The molecule has 0 saturated carbocycles. The van der Waals surface area contributed by atoms with Crippen molar-refractivity contribution in [3.05, 3.63) is 33.3 Å². The summed E-state index contributed by atoms with van der Waals surface area (Å²) >= 11 is 9.65. The first-order chi connectivity index (χ1) is 8.41. The van der Waals surface area contributed by atoms with Crippen LogP contribution < -0.4 is 5.32 Å². The molecule has 0 atom stereocenters. The molecule has 3 heteroatoms. The minimum atomic E-state index is 0.704. The van der Waals surface area contributed by atoms with E-state index < -0.39 is 0 Å². The molecule has 0 fully saturated rings. The molecule has 18 heavy (non-hydrogen) atoms. The Labute approximate surface area is 124 Å². The van der Waals surface area contributed by atoms with Gasteiger partial charge >= 0.3 is 0 Å². The maximum Gasteiger partial charge on any atom is 0.0451 e. The van der Waals surface area contributed by atoms with Gasteiger partial charge in [0, 0.05) is 16.0 Å². The van der Waals surface area contributed by atoms with Crippen LogP contribution in [0.1, 0.15) is 33.3 Å². The van der Waals surface area contributed by atoms with Gasteiger partial charge in [0.2, 0.25) is 0 Å². The predicted octanol–water partition coefficient (Wildman–Crippen LogP) is 5.12. The Morgan fingerprint density at radius 1 is 1.17 bits per heavy atom. The third-order valence-corrected chi connectivity index (χ3v) is 4.28. The van der Waals surface area contributed by atoms with Crippen LogP contribution in [0.15, 0.2) is 22.7 Å². The van der Waals surface area contributed by atoms with Crippen LogP contribution in [0.2, 0.25) is 5.02 Å². The second-order valence-corrected chi connectivity index (χ2v) is 6.84. The van der Waals surface area contributed by atoms with Gasteiger partial charge in [0.15, 0.2) is 0 Å². The fourth-order valence-electron chi connectivity index (χ4n) is 2.29. The summed E-state index contributed by atoms with van der Waals surface area (Å²) in [5.74, 6) is 2.11. The zero-order chi connectivity index (χ0) is 13.7. The molecular formula is C15H23BrClN. The van der Waals surface area contributed by atoms with E-state index >= 15 is 0 Å². The molecule has 1 N–H and O–H groups in total. The topological polar surface area (TPSA) is 12.0 Å². The third-order valence-electron chi connectivity index (χ3n) is 3.42. The van der Waals surface area contributed by atoms with Gasteiger partial charge in [-0.05, 0) is 48.1 Å². The highest BCUT2D eigenvalue weighted by atomic mass is 79.9. The molecule has 102 valence electrons. The molecule has 1 aromatic carbocycles. The van der Waals surface area contributed by atoms with Gasteiger partial charge in [-0.3, -0.25) is 0 Å². The monoisotopic (exact) mass is 331 g/mol. The van der Waals surface area contributed by atoms with E-state index in [0.717, 1.165) is 28.1 Å². The molecule has 0 spiro atoms. The smallest absolute Gasteiger partial charge is 0.0451 e. The van der Waals surface area contributed by atoms with E-state index in [0.29, 0.717) is 17.8 Å². The van der Waals surface area contributed by atoms with Gasteiger partial charge < -0.3 is 5.32 Å². The highest BCUT2D eigenvalue weighted by molar-refractivity contribution is 9.10. The van der Waals surface area contributed by atoms with Crippen molar-refractivity contribution in [2.45, 2.75) is 34.2 Å². The van der Waals surface area contributed by atoms with Crippen molar-refractivity contribution in [3.8, 4) is 0 Å². The first kappa shape index (κ1) is 16.0. The van der Waals surface area contributed by atoms with Gasteiger partial charge in [-0.15, -0.1) is 0 Å². The van der Waals surface area contributed by atoms with E-state index in [1.807, 2.05) is 12.1 Å². The first-order valence-electron chi connectivity index (χ1n) is 6.56. The molecule has 0 radical (unpaired) electrons. The molecular weight excluding hydrogens is 310 g/mol. The summed E-state index contributed by atoms with van der Waals surface area (Å²) in [6, 6.07) is 5.98. The fraction of sp³-hybridized carbons (Fsp3) is 0.600. The van der Waals surface area contributed by atoms with Crippen LogP contribution in [0.4, 0.5) is 0 Å². The summed E-state index contributed by atoms with van der Waals surface area (Å²) in [5.41, 5.74) is 1.15. The SMILES string of the molecule is CC(C)C(CNCc1cc(Br)ccc1Cl)C(C)C. The van der Waals surface area contributed by atoms with Crippen molar-refractivity contribution in [1.82, 2.24) is 5.32 Å². The van der Waals surface area contributed by atoms with E-state index in [9.17, 15) is 0 Å². The van der Waals surface area contributed by atoms with Gasteiger partial charge in [0.05, 0.1) is 0 Å². The number of rotatable bonds is 6. The van der Waals surface area contributed by atoms with Crippen molar-refractivity contribution < 1.29 is 0 Å². The largest absolute Gasteiger partial charge is 0.312 e. The lowest BCUT2D eigenvalue weighted by molar-refractivity contribution is 0.275. The summed E-state index contributed by atoms with van der Waals surface area (Å²) in [7, 11) is 0. The lowest BCUT2D eigenvalue weighted by Gasteiger charge is -2.25. The van der Waals surface area contributed by atoms with E-state index in [2.05, 4.69) is 55.0 Å². The van der Waals surface area contributed by atoms with E-state index in [1.54, 1.807) is 0 Å². The van der Waals surface area contributed by atoms with Gasteiger partial charge in [-0.25, -0.2) is 0 Å². The molecule has 0 aliphatic rings. The summed E-state index contributed by atoms with van der Waals surface area (Å²) in [6.07, 6.45) is 0. The van der Waals surface area contributed by atoms with Crippen LogP contribution >= 0.6 is 27.5 Å². The molecule has 0 aliphatic carbocycles. The standard InChI is InChI=1S/C15H23BrClN/c1-10(2)14(11(3)4)9-18-8-12-7-13(16)5-6-15(12)17/h5-7,10-11,14,18H,8-9H2,1-4H3. The summed E-state index contributed by atoms with van der Waals surface area (Å²) in [5, 5.41) is 4.36. The molecule has 0 heterocycles. The quantitative estimate of drug-likeness (QED) is 0.762. The minimum Gasteiger partial charge on any atom is -0.312 e. The van der Waals surface area contributed by atoms with Crippen LogP contribution in [0.3, 0.4) is 0 Å². The second-order valence-electron chi connectivity index (χ2n) is 5.52. The summed E-state index contributed by atoms with van der Waals surface area (Å²) in [6.45, 7) is 11.0.